The Balaban J connectivity index is 1.48. The molecule has 0 spiro atoms. The molecule has 4 rings (SSSR count). The summed E-state index contributed by atoms with van der Waals surface area (Å²) in [6, 6.07) is 21.7. The maximum absolute atomic E-state index is 13.2. The number of hydrazone groups is 1. The first kappa shape index (κ1) is 25.0. The number of hydrogen-bond acceptors (Lipinski definition) is 7. The Morgan fingerprint density at radius 1 is 1.08 bits per heavy atom. The number of aromatic hydroxyl groups is 1. The number of para-hydroxylation sites is 2. The number of rotatable bonds is 9. The molecule has 1 heterocycles. The lowest BCUT2D eigenvalue weighted by Gasteiger charge is -2.21. The zero-order valence-corrected chi connectivity index (χ0v) is 20.9. The fourth-order valence-electron chi connectivity index (χ4n) is 3.78. The Kier molecular flexibility index (Phi) is 8.02. The average molecular weight is 502 g/mol. The summed E-state index contributed by atoms with van der Waals surface area (Å²) in [5, 5.41) is 15.2. The molecule has 8 nitrogen and oxygen atoms in total. The highest BCUT2D eigenvalue weighted by Crippen LogP contribution is 2.24. The molecule has 0 aliphatic heterocycles. The number of fused-ring (bicyclic) bond motifs is 1. The van der Waals surface area contributed by atoms with Crippen LogP contribution in [0.4, 0.5) is 5.69 Å². The van der Waals surface area contributed by atoms with E-state index in [0.717, 1.165) is 30.5 Å². The Morgan fingerprint density at radius 3 is 2.53 bits per heavy atom. The van der Waals surface area contributed by atoms with Gasteiger partial charge in [-0.2, -0.15) is 5.10 Å². The van der Waals surface area contributed by atoms with Crippen molar-refractivity contribution in [1.82, 2.24) is 15.0 Å². The van der Waals surface area contributed by atoms with Crippen molar-refractivity contribution in [2.75, 3.05) is 23.7 Å². The summed E-state index contributed by atoms with van der Waals surface area (Å²) in [4.78, 5) is 32.4. The number of hydrogen-bond donors (Lipinski definition) is 2. The number of benzene rings is 3. The number of nitrogens with one attached hydrogen (secondary N) is 1. The molecular weight excluding hydrogens is 474 g/mol. The number of nitrogens with zero attached hydrogens (tertiary/aromatic N) is 4. The van der Waals surface area contributed by atoms with Crippen LogP contribution < -0.4 is 15.9 Å². The van der Waals surface area contributed by atoms with Crippen molar-refractivity contribution < 1.29 is 9.90 Å². The first-order chi connectivity index (χ1) is 17.5. The van der Waals surface area contributed by atoms with E-state index in [2.05, 4.69) is 34.3 Å². The van der Waals surface area contributed by atoms with Gasteiger partial charge in [-0.1, -0.05) is 42.1 Å². The third kappa shape index (κ3) is 5.58. The third-order valence-electron chi connectivity index (χ3n) is 5.63. The van der Waals surface area contributed by atoms with Gasteiger partial charge in [0.15, 0.2) is 5.16 Å². The van der Waals surface area contributed by atoms with Crippen LogP contribution in [0, 0.1) is 0 Å². The molecule has 0 atom stereocenters. The summed E-state index contributed by atoms with van der Waals surface area (Å²) in [5.41, 5.74) is 4.93. The quantitative estimate of drug-likeness (QED) is 0.154. The molecule has 1 amide bonds. The van der Waals surface area contributed by atoms with Gasteiger partial charge in [-0.3, -0.25) is 14.2 Å². The molecule has 0 fully saturated rings. The normalized spacial score (nSPS) is 11.2. The second-order valence-electron chi connectivity index (χ2n) is 7.88. The zero-order valence-electron chi connectivity index (χ0n) is 20.1. The van der Waals surface area contributed by atoms with Crippen molar-refractivity contribution in [3.05, 3.63) is 88.7 Å². The summed E-state index contributed by atoms with van der Waals surface area (Å²) < 4.78 is 1.51. The fraction of sp³-hybridized carbons (Fsp3) is 0.185. The van der Waals surface area contributed by atoms with E-state index in [9.17, 15) is 14.7 Å². The van der Waals surface area contributed by atoms with Crippen molar-refractivity contribution >= 4 is 40.5 Å². The molecule has 1 aromatic heterocycles. The summed E-state index contributed by atoms with van der Waals surface area (Å²) in [7, 11) is 0. The summed E-state index contributed by atoms with van der Waals surface area (Å²) in [5.74, 6) is -0.279. The maximum Gasteiger partial charge on any atom is 0.266 e. The first-order valence-electron chi connectivity index (χ1n) is 11.6. The molecule has 2 N–H and O–H groups in total. The van der Waals surface area contributed by atoms with Crippen LogP contribution in [0.25, 0.3) is 16.6 Å². The molecule has 0 unspecified atom stereocenters. The van der Waals surface area contributed by atoms with Crippen LogP contribution in [0.15, 0.2) is 87.8 Å². The second kappa shape index (κ2) is 11.5. The fourth-order valence-corrected chi connectivity index (χ4v) is 4.58. The van der Waals surface area contributed by atoms with Gasteiger partial charge in [0.05, 0.1) is 28.6 Å². The molecule has 0 bridgehead atoms. The first-order valence-corrected chi connectivity index (χ1v) is 12.6. The van der Waals surface area contributed by atoms with E-state index in [1.54, 1.807) is 30.3 Å². The largest absolute Gasteiger partial charge is 0.507 e. The standard InChI is InChI=1S/C27H27N5O3S/c1-3-31(4-2)21-15-14-19(24(33)16-21)17-28-30-25(34)18-36-27-29-23-13-9-8-12-22(23)26(35)32(27)20-10-6-5-7-11-20/h5-17,33H,3-4,18H2,1-2H3,(H,30,34)/b28-17-. The van der Waals surface area contributed by atoms with Crippen molar-refractivity contribution in [2.24, 2.45) is 5.10 Å². The highest BCUT2D eigenvalue weighted by molar-refractivity contribution is 7.99. The highest BCUT2D eigenvalue weighted by Gasteiger charge is 2.14. The number of amides is 1. The van der Waals surface area contributed by atoms with E-state index in [0.29, 0.717) is 27.3 Å². The van der Waals surface area contributed by atoms with Crippen LogP contribution in [-0.2, 0) is 4.79 Å². The number of thioether (sulfide) groups is 1. The molecule has 36 heavy (non-hydrogen) atoms. The molecule has 0 saturated heterocycles. The maximum atomic E-state index is 13.2. The number of phenols is 1. The smallest absolute Gasteiger partial charge is 0.266 e. The topological polar surface area (TPSA) is 99.8 Å². The number of anilines is 1. The van der Waals surface area contributed by atoms with E-state index in [4.69, 9.17) is 0 Å². The molecular formula is C27H27N5O3S. The molecule has 4 aromatic rings. The van der Waals surface area contributed by atoms with E-state index >= 15 is 0 Å². The minimum absolute atomic E-state index is 0.00182. The van der Waals surface area contributed by atoms with Crippen molar-refractivity contribution in [1.29, 1.82) is 0 Å². The van der Waals surface area contributed by atoms with Gasteiger partial charge in [0, 0.05) is 30.4 Å². The molecule has 0 radical (unpaired) electrons. The van der Waals surface area contributed by atoms with E-state index in [1.165, 1.54) is 10.8 Å². The summed E-state index contributed by atoms with van der Waals surface area (Å²) >= 11 is 1.15. The molecule has 0 aliphatic rings. The van der Waals surface area contributed by atoms with Crippen molar-refractivity contribution in [3.8, 4) is 11.4 Å². The monoisotopic (exact) mass is 501 g/mol. The molecule has 3 aromatic carbocycles. The minimum Gasteiger partial charge on any atom is -0.507 e. The van der Waals surface area contributed by atoms with Gasteiger partial charge in [0.2, 0.25) is 0 Å². The van der Waals surface area contributed by atoms with E-state index < -0.39 is 0 Å². The molecule has 9 heteroatoms. The van der Waals surface area contributed by atoms with Gasteiger partial charge in [0.25, 0.3) is 11.5 Å². The van der Waals surface area contributed by atoms with Crippen LogP contribution in [0.3, 0.4) is 0 Å². The number of carbonyl (C=O) groups is 1. The van der Waals surface area contributed by atoms with Crippen LogP contribution in [-0.4, -0.2) is 45.6 Å². The van der Waals surface area contributed by atoms with E-state index in [-0.39, 0.29) is 23.0 Å². The van der Waals surface area contributed by atoms with Gasteiger partial charge in [-0.05, 0) is 50.2 Å². The van der Waals surface area contributed by atoms with Crippen molar-refractivity contribution in [2.45, 2.75) is 19.0 Å². The average Bonchev–Trinajstić information content (AvgIpc) is 2.90. The number of carbonyl (C=O) groups excluding carboxylic acids is 1. The third-order valence-corrected chi connectivity index (χ3v) is 6.57. The minimum atomic E-state index is -0.363. The Hall–Kier alpha value is -4.11. The van der Waals surface area contributed by atoms with Crippen molar-refractivity contribution in [3.63, 3.8) is 0 Å². The van der Waals surface area contributed by atoms with Gasteiger partial charge >= 0.3 is 0 Å². The predicted molar refractivity (Wildman–Crippen MR) is 145 cm³/mol. The van der Waals surface area contributed by atoms with Crippen LogP contribution >= 0.6 is 11.8 Å². The van der Waals surface area contributed by atoms with E-state index in [1.807, 2.05) is 42.5 Å². The highest BCUT2D eigenvalue weighted by atomic mass is 32.2. The van der Waals surface area contributed by atoms with Gasteiger partial charge < -0.3 is 10.0 Å². The Morgan fingerprint density at radius 2 is 1.81 bits per heavy atom. The lowest BCUT2D eigenvalue weighted by Crippen LogP contribution is -2.24. The number of aromatic nitrogens is 2. The predicted octanol–water partition coefficient (Wildman–Crippen LogP) is 4.18. The van der Waals surface area contributed by atoms with Crippen LogP contribution in [0.1, 0.15) is 19.4 Å². The summed E-state index contributed by atoms with van der Waals surface area (Å²) in [6.07, 6.45) is 1.40. The van der Waals surface area contributed by atoms with Gasteiger partial charge in [0.1, 0.15) is 5.75 Å². The molecule has 0 saturated carbocycles. The second-order valence-corrected chi connectivity index (χ2v) is 8.83. The van der Waals surface area contributed by atoms with Crippen LogP contribution in [0.2, 0.25) is 0 Å². The lowest BCUT2D eigenvalue weighted by molar-refractivity contribution is -0.118. The van der Waals surface area contributed by atoms with Crippen LogP contribution in [0.5, 0.6) is 5.75 Å². The lowest BCUT2D eigenvalue weighted by atomic mass is 10.2. The molecule has 0 aliphatic carbocycles. The van der Waals surface area contributed by atoms with Gasteiger partial charge in [-0.15, -0.1) is 0 Å². The SMILES string of the molecule is CCN(CC)c1ccc(/C=N\NC(=O)CSc2nc3ccccc3c(=O)n2-c2ccccc2)c(O)c1. The Labute approximate surface area is 213 Å². The Bertz CT molecular complexity index is 1450. The summed E-state index contributed by atoms with van der Waals surface area (Å²) in [6.45, 7) is 5.77. The van der Waals surface area contributed by atoms with Gasteiger partial charge in [-0.25, -0.2) is 10.4 Å². The zero-order chi connectivity index (χ0) is 25.5. The number of phenolic OH excluding ortho intramolecular Hbond substituents is 1. The molecule has 184 valence electrons.